The molecule has 0 amide bonds. The van der Waals surface area contributed by atoms with Crippen molar-refractivity contribution >= 4 is 16.9 Å². The van der Waals surface area contributed by atoms with Crippen molar-refractivity contribution in [1.82, 2.24) is 9.78 Å². The highest BCUT2D eigenvalue weighted by Gasteiger charge is 2.15. The van der Waals surface area contributed by atoms with Gasteiger partial charge in [0, 0.05) is 5.39 Å². The van der Waals surface area contributed by atoms with E-state index in [0.717, 1.165) is 17.5 Å². The van der Waals surface area contributed by atoms with Gasteiger partial charge in [0.15, 0.2) is 5.69 Å². The SMILES string of the molecule is CCc1ccc(Cn2nc(C(=O)O)c3ccccc32)cc1. The van der Waals surface area contributed by atoms with E-state index in [4.69, 9.17) is 0 Å². The molecular formula is C17H16N2O2. The van der Waals surface area contributed by atoms with E-state index in [2.05, 4.69) is 36.3 Å². The van der Waals surface area contributed by atoms with Crippen molar-refractivity contribution in [2.75, 3.05) is 0 Å². The molecule has 106 valence electrons. The van der Waals surface area contributed by atoms with Crippen LogP contribution in [-0.4, -0.2) is 20.9 Å². The Morgan fingerprint density at radius 1 is 1.10 bits per heavy atom. The predicted octanol–water partition coefficient (Wildman–Crippen LogP) is 3.35. The van der Waals surface area contributed by atoms with E-state index in [-0.39, 0.29) is 5.69 Å². The van der Waals surface area contributed by atoms with Crippen LogP contribution in [0.5, 0.6) is 0 Å². The Hall–Kier alpha value is -2.62. The van der Waals surface area contributed by atoms with Crippen LogP contribution in [0.15, 0.2) is 48.5 Å². The average Bonchev–Trinajstić information content (AvgIpc) is 2.87. The normalized spacial score (nSPS) is 10.9. The average molecular weight is 280 g/mol. The molecular weight excluding hydrogens is 264 g/mol. The zero-order chi connectivity index (χ0) is 14.8. The number of para-hydroxylation sites is 1. The van der Waals surface area contributed by atoms with Gasteiger partial charge in [-0.05, 0) is 23.6 Å². The first-order valence-corrected chi connectivity index (χ1v) is 6.95. The lowest BCUT2D eigenvalue weighted by Gasteiger charge is -2.05. The first-order chi connectivity index (χ1) is 10.2. The quantitative estimate of drug-likeness (QED) is 0.797. The first kappa shape index (κ1) is 13.4. The van der Waals surface area contributed by atoms with Crippen LogP contribution in [0, 0.1) is 0 Å². The number of rotatable bonds is 4. The number of nitrogens with zero attached hydrogens (tertiary/aromatic N) is 2. The summed E-state index contributed by atoms with van der Waals surface area (Å²) in [6.45, 7) is 2.69. The van der Waals surface area contributed by atoms with Crippen molar-refractivity contribution in [1.29, 1.82) is 0 Å². The van der Waals surface area contributed by atoms with Crippen LogP contribution in [0.25, 0.3) is 10.9 Å². The molecule has 0 atom stereocenters. The molecule has 21 heavy (non-hydrogen) atoms. The molecule has 0 radical (unpaired) electrons. The second kappa shape index (κ2) is 5.40. The summed E-state index contributed by atoms with van der Waals surface area (Å²) in [5.74, 6) is -0.994. The Morgan fingerprint density at radius 2 is 1.76 bits per heavy atom. The third-order valence-electron chi connectivity index (χ3n) is 3.62. The highest BCUT2D eigenvalue weighted by atomic mass is 16.4. The van der Waals surface area contributed by atoms with Crippen molar-refractivity contribution in [2.24, 2.45) is 0 Å². The molecule has 0 aliphatic rings. The van der Waals surface area contributed by atoms with Crippen molar-refractivity contribution in [3.8, 4) is 0 Å². The van der Waals surface area contributed by atoms with E-state index in [0.29, 0.717) is 11.9 Å². The van der Waals surface area contributed by atoms with Crippen molar-refractivity contribution in [3.05, 3.63) is 65.4 Å². The molecule has 3 aromatic rings. The minimum atomic E-state index is -0.994. The Morgan fingerprint density at radius 3 is 2.43 bits per heavy atom. The molecule has 1 N–H and O–H groups in total. The van der Waals surface area contributed by atoms with Crippen molar-refractivity contribution in [2.45, 2.75) is 19.9 Å². The molecule has 0 aliphatic heterocycles. The van der Waals surface area contributed by atoms with E-state index in [1.165, 1.54) is 5.56 Å². The fourth-order valence-corrected chi connectivity index (χ4v) is 2.46. The molecule has 0 bridgehead atoms. The number of aromatic nitrogens is 2. The van der Waals surface area contributed by atoms with Gasteiger partial charge in [0.2, 0.25) is 0 Å². The first-order valence-electron chi connectivity index (χ1n) is 6.95. The van der Waals surface area contributed by atoms with Crippen LogP contribution in [0.4, 0.5) is 0 Å². The maximum Gasteiger partial charge on any atom is 0.357 e. The van der Waals surface area contributed by atoms with Gasteiger partial charge in [0.25, 0.3) is 0 Å². The third kappa shape index (κ3) is 2.52. The van der Waals surface area contributed by atoms with Gasteiger partial charge in [0.05, 0.1) is 12.1 Å². The van der Waals surface area contributed by atoms with Crippen LogP contribution in [0.3, 0.4) is 0 Å². The molecule has 0 saturated carbocycles. The zero-order valence-corrected chi connectivity index (χ0v) is 11.8. The van der Waals surface area contributed by atoms with Gasteiger partial charge in [-0.3, -0.25) is 4.68 Å². The van der Waals surface area contributed by atoms with Crippen molar-refractivity contribution in [3.63, 3.8) is 0 Å². The van der Waals surface area contributed by atoms with Gasteiger partial charge in [-0.1, -0.05) is 49.4 Å². The van der Waals surface area contributed by atoms with Crippen LogP contribution in [0.1, 0.15) is 28.5 Å². The summed E-state index contributed by atoms with van der Waals surface area (Å²) < 4.78 is 1.75. The number of hydrogen-bond acceptors (Lipinski definition) is 2. The Balaban J connectivity index is 2.01. The lowest BCUT2D eigenvalue weighted by atomic mass is 10.1. The molecule has 0 unspecified atom stereocenters. The smallest absolute Gasteiger partial charge is 0.357 e. The molecule has 3 rings (SSSR count). The minimum Gasteiger partial charge on any atom is -0.476 e. The summed E-state index contributed by atoms with van der Waals surface area (Å²) in [6, 6.07) is 15.7. The third-order valence-corrected chi connectivity index (χ3v) is 3.62. The molecule has 1 aromatic heterocycles. The van der Waals surface area contributed by atoms with E-state index < -0.39 is 5.97 Å². The topological polar surface area (TPSA) is 55.1 Å². The molecule has 0 aliphatic carbocycles. The van der Waals surface area contributed by atoms with Crippen LogP contribution in [0.2, 0.25) is 0 Å². The highest BCUT2D eigenvalue weighted by molar-refractivity contribution is 6.01. The summed E-state index contributed by atoms with van der Waals surface area (Å²) >= 11 is 0. The Labute approximate surface area is 122 Å². The fraction of sp³-hybridized carbons (Fsp3) is 0.176. The van der Waals surface area contributed by atoms with Crippen LogP contribution < -0.4 is 0 Å². The van der Waals surface area contributed by atoms with Gasteiger partial charge >= 0.3 is 5.97 Å². The molecule has 0 saturated heterocycles. The predicted molar refractivity (Wildman–Crippen MR) is 81.6 cm³/mol. The van der Waals surface area contributed by atoms with Gasteiger partial charge < -0.3 is 5.11 Å². The van der Waals surface area contributed by atoms with E-state index in [1.807, 2.05) is 18.2 Å². The Kier molecular flexibility index (Phi) is 3.44. The maximum absolute atomic E-state index is 11.3. The van der Waals surface area contributed by atoms with Crippen molar-refractivity contribution < 1.29 is 9.90 Å². The molecule has 4 heteroatoms. The summed E-state index contributed by atoms with van der Waals surface area (Å²) in [7, 11) is 0. The number of carboxylic acids is 1. The van der Waals surface area contributed by atoms with E-state index >= 15 is 0 Å². The second-order valence-corrected chi connectivity index (χ2v) is 5.00. The summed E-state index contributed by atoms with van der Waals surface area (Å²) in [4.78, 5) is 11.3. The number of aryl methyl sites for hydroxylation is 1. The lowest BCUT2D eigenvalue weighted by Crippen LogP contribution is -2.04. The molecule has 4 nitrogen and oxygen atoms in total. The van der Waals surface area contributed by atoms with Gasteiger partial charge in [-0.25, -0.2) is 4.79 Å². The van der Waals surface area contributed by atoms with Crippen LogP contribution in [-0.2, 0) is 13.0 Å². The largest absolute Gasteiger partial charge is 0.476 e. The summed E-state index contributed by atoms with van der Waals surface area (Å²) in [5.41, 5.74) is 3.35. The molecule has 0 fully saturated rings. The standard InChI is InChI=1S/C17H16N2O2/c1-2-12-7-9-13(10-8-12)11-19-15-6-4-3-5-14(15)16(18-19)17(20)21/h3-10H,2,11H2,1H3,(H,20,21). The number of benzene rings is 2. The van der Waals surface area contributed by atoms with Gasteiger partial charge in [-0.15, -0.1) is 0 Å². The van der Waals surface area contributed by atoms with Gasteiger partial charge in [0.1, 0.15) is 0 Å². The molecule has 0 spiro atoms. The second-order valence-electron chi connectivity index (χ2n) is 5.00. The van der Waals surface area contributed by atoms with E-state index in [1.54, 1.807) is 10.7 Å². The summed E-state index contributed by atoms with van der Waals surface area (Å²) in [6.07, 6.45) is 1.01. The number of carboxylic acid groups (broad SMARTS) is 1. The minimum absolute atomic E-state index is 0.107. The summed E-state index contributed by atoms with van der Waals surface area (Å²) in [5, 5.41) is 14.2. The highest BCUT2D eigenvalue weighted by Crippen LogP contribution is 2.19. The van der Waals surface area contributed by atoms with Crippen LogP contribution >= 0.6 is 0 Å². The maximum atomic E-state index is 11.3. The van der Waals surface area contributed by atoms with Gasteiger partial charge in [-0.2, -0.15) is 5.10 Å². The molecule has 2 aromatic carbocycles. The number of hydrogen-bond donors (Lipinski definition) is 1. The van der Waals surface area contributed by atoms with E-state index in [9.17, 15) is 9.90 Å². The lowest BCUT2D eigenvalue weighted by molar-refractivity contribution is 0.0691. The monoisotopic (exact) mass is 280 g/mol. The number of carbonyl (C=O) groups is 1. The fourth-order valence-electron chi connectivity index (χ4n) is 2.46. The zero-order valence-electron chi connectivity index (χ0n) is 11.8. The Bertz CT molecular complexity index is 788. The number of fused-ring (bicyclic) bond motifs is 1. The number of aromatic carboxylic acids is 1. The molecule has 1 heterocycles.